The van der Waals surface area contributed by atoms with Crippen molar-refractivity contribution in [3.05, 3.63) is 58.6 Å². The van der Waals surface area contributed by atoms with Crippen molar-refractivity contribution in [2.24, 2.45) is 0 Å². The lowest BCUT2D eigenvalue weighted by molar-refractivity contribution is -0.383. The monoisotopic (exact) mass is 271 g/mol. The number of hydrogen-bond donors (Lipinski definition) is 1. The first kappa shape index (κ1) is 13.9. The van der Waals surface area contributed by atoms with E-state index in [-0.39, 0.29) is 10.6 Å². The summed E-state index contributed by atoms with van der Waals surface area (Å²) in [6, 6.07) is 14.9. The van der Waals surface area contributed by atoms with Crippen molar-refractivity contribution < 1.29 is 4.92 Å². The topological polar surface area (TPSA) is 58.4 Å². The summed E-state index contributed by atoms with van der Waals surface area (Å²) in [4.78, 5) is 12.9. The molecule has 0 amide bonds. The summed E-state index contributed by atoms with van der Waals surface area (Å²) in [5, 5.41) is 14.4. The van der Waals surface area contributed by atoms with Gasteiger partial charge in [-0.3, -0.25) is 10.1 Å². The van der Waals surface area contributed by atoms with Crippen molar-refractivity contribution in [3.8, 4) is 0 Å². The predicted molar refractivity (Wildman–Crippen MR) is 81.8 cm³/mol. The van der Waals surface area contributed by atoms with E-state index in [1.54, 1.807) is 12.1 Å². The fraction of sp³-hybridized carbons (Fsp3) is 0.200. The van der Waals surface area contributed by atoms with E-state index in [2.05, 4.69) is 5.32 Å². The Kier molecular flexibility index (Phi) is 4.20. The van der Waals surface area contributed by atoms with E-state index in [4.69, 9.17) is 0 Å². The highest BCUT2D eigenvalue weighted by Gasteiger charge is 2.22. The molecule has 0 atom stereocenters. The number of nitrogens with zero attached hydrogens (tertiary/aromatic N) is 2. The zero-order chi connectivity index (χ0) is 14.5. The van der Waals surface area contributed by atoms with Crippen LogP contribution in [0.5, 0.6) is 0 Å². The number of anilines is 3. The molecule has 2 rings (SSSR count). The van der Waals surface area contributed by atoms with Crippen LogP contribution in [0.25, 0.3) is 0 Å². The van der Waals surface area contributed by atoms with E-state index < -0.39 is 0 Å². The number of nitrogens with one attached hydrogen (secondary N) is 1. The van der Waals surface area contributed by atoms with Gasteiger partial charge in [-0.15, -0.1) is 0 Å². The van der Waals surface area contributed by atoms with Gasteiger partial charge in [0.05, 0.1) is 4.92 Å². The van der Waals surface area contributed by atoms with Crippen LogP contribution in [0.1, 0.15) is 6.92 Å². The Morgan fingerprint density at radius 1 is 1.15 bits per heavy atom. The molecule has 0 bridgehead atoms. The van der Waals surface area contributed by atoms with Crippen LogP contribution in [0, 0.1) is 10.1 Å². The van der Waals surface area contributed by atoms with Gasteiger partial charge in [-0.05, 0) is 31.2 Å². The molecule has 0 heterocycles. The number of rotatable bonds is 5. The lowest BCUT2D eigenvalue weighted by Crippen LogP contribution is -2.13. The number of nitro benzene ring substituents is 1. The predicted octanol–water partition coefficient (Wildman–Crippen LogP) is 3.79. The quantitative estimate of drug-likeness (QED) is 0.664. The average molecular weight is 271 g/mol. The molecule has 0 radical (unpaired) electrons. The maximum Gasteiger partial charge on any atom is 0.315 e. The summed E-state index contributed by atoms with van der Waals surface area (Å²) >= 11 is 0. The minimum absolute atomic E-state index is 0.0979. The summed E-state index contributed by atoms with van der Waals surface area (Å²) in [5.41, 5.74) is 2.11. The van der Waals surface area contributed by atoms with Crippen LogP contribution in [-0.4, -0.2) is 18.5 Å². The largest absolute Gasteiger partial charge is 0.380 e. The average Bonchev–Trinajstić information content (AvgIpc) is 2.47. The van der Waals surface area contributed by atoms with Crippen LogP contribution < -0.4 is 10.2 Å². The molecule has 2 aromatic rings. The molecule has 0 spiro atoms. The highest BCUT2D eigenvalue weighted by atomic mass is 16.6. The van der Waals surface area contributed by atoms with Gasteiger partial charge in [-0.1, -0.05) is 24.3 Å². The van der Waals surface area contributed by atoms with Gasteiger partial charge in [0.25, 0.3) is 0 Å². The Bertz CT molecular complexity index is 599. The molecule has 0 aliphatic rings. The molecular formula is C15H17N3O2. The first-order valence-corrected chi connectivity index (χ1v) is 6.45. The van der Waals surface area contributed by atoms with Gasteiger partial charge in [0.2, 0.25) is 0 Å². The van der Waals surface area contributed by atoms with E-state index in [1.165, 1.54) is 0 Å². The smallest absolute Gasteiger partial charge is 0.315 e. The molecule has 0 unspecified atom stereocenters. The van der Waals surface area contributed by atoms with Crippen molar-refractivity contribution >= 4 is 22.7 Å². The van der Waals surface area contributed by atoms with Crippen molar-refractivity contribution in [2.45, 2.75) is 6.92 Å². The minimum atomic E-state index is -0.341. The van der Waals surface area contributed by atoms with Crippen LogP contribution in [0.4, 0.5) is 22.7 Å². The Morgan fingerprint density at radius 3 is 2.45 bits per heavy atom. The fourth-order valence-electron chi connectivity index (χ4n) is 2.12. The molecule has 0 aromatic heterocycles. The second-order valence-corrected chi connectivity index (χ2v) is 4.36. The van der Waals surface area contributed by atoms with Crippen LogP contribution in [0.15, 0.2) is 48.5 Å². The molecule has 20 heavy (non-hydrogen) atoms. The first-order chi connectivity index (χ1) is 9.65. The standard InChI is InChI=1S/C15H17N3O2/c1-3-16-13-10-7-11-14(15(13)18(19)20)17(2)12-8-5-4-6-9-12/h4-11,16H,3H2,1-2H3. The highest BCUT2D eigenvalue weighted by Crippen LogP contribution is 2.37. The molecule has 5 nitrogen and oxygen atoms in total. The second-order valence-electron chi connectivity index (χ2n) is 4.36. The van der Waals surface area contributed by atoms with Gasteiger partial charge < -0.3 is 10.2 Å². The third-order valence-electron chi connectivity index (χ3n) is 3.07. The molecule has 0 aliphatic heterocycles. The van der Waals surface area contributed by atoms with Crippen molar-refractivity contribution in [1.82, 2.24) is 0 Å². The van der Waals surface area contributed by atoms with E-state index in [0.29, 0.717) is 17.9 Å². The normalized spacial score (nSPS) is 10.1. The third kappa shape index (κ3) is 2.71. The molecule has 0 aliphatic carbocycles. The lowest BCUT2D eigenvalue weighted by Gasteiger charge is -2.20. The van der Waals surface area contributed by atoms with Crippen molar-refractivity contribution in [2.75, 3.05) is 23.8 Å². The molecule has 5 heteroatoms. The van der Waals surface area contributed by atoms with Crippen molar-refractivity contribution in [3.63, 3.8) is 0 Å². The number of hydrogen-bond acceptors (Lipinski definition) is 4. The van der Waals surface area contributed by atoms with Crippen LogP contribution >= 0.6 is 0 Å². The molecule has 1 N–H and O–H groups in total. The fourth-order valence-corrected chi connectivity index (χ4v) is 2.12. The second kappa shape index (κ2) is 6.06. The number of nitro groups is 1. The summed E-state index contributed by atoms with van der Waals surface area (Å²) in [6.45, 7) is 2.55. The Hall–Kier alpha value is -2.56. The van der Waals surface area contributed by atoms with Gasteiger partial charge in [-0.25, -0.2) is 0 Å². The number of benzene rings is 2. The lowest BCUT2D eigenvalue weighted by atomic mass is 10.2. The molecular weight excluding hydrogens is 254 g/mol. The maximum absolute atomic E-state index is 11.4. The van der Waals surface area contributed by atoms with Gasteiger partial charge in [0, 0.05) is 19.3 Å². The summed E-state index contributed by atoms with van der Waals surface area (Å²) < 4.78 is 0. The van der Waals surface area contributed by atoms with Crippen LogP contribution in [0.2, 0.25) is 0 Å². The highest BCUT2D eigenvalue weighted by molar-refractivity contribution is 5.80. The van der Waals surface area contributed by atoms with E-state index >= 15 is 0 Å². The molecule has 0 saturated carbocycles. The summed E-state index contributed by atoms with van der Waals surface area (Å²) in [7, 11) is 1.83. The van der Waals surface area contributed by atoms with Gasteiger partial charge in [0.15, 0.2) is 0 Å². The Morgan fingerprint density at radius 2 is 1.85 bits per heavy atom. The SMILES string of the molecule is CCNc1cccc(N(C)c2ccccc2)c1[N+](=O)[O-]. The zero-order valence-corrected chi connectivity index (χ0v) is 11.5. The summed E-state index contributed by atoms with van der Waals surface area (Å²) in [6.07, 6.45) is 0. The van der Waals surface area contributed by atoms with Gasteiger partial charge in [0.1, 0.15) is 11.4 Å². The van der Waals surface area contributed by atoms with Crippen molar-refractivity contribution in [1.29, 1.82) is 0 Å². The van der Waals surface area contributed by atoms with Crippen LogP contribution in [0.3, 0.4) is 0 Å². The summed E-state index contributed by atoms with van der Waals surface area (Å²) in [5.74, 6) is 0. The van der Waals surface area contributed by atoms with Gasteiger partial charge in [-0.2, -0.15) is 0 Å². The number of para-hydroxylation sites is 2. The Balaban J connectivity index is 2.51. The molecule has 0 fully saturated rings. The van der Waals surface area contributed by atoms with E-state index in [9.17, 15) is 10.1 Å². The molecule has 104 valence electrons. The Labute approximate surface area is 118 Å². The first-order valence-electron chi connectivity index (χ1n) is 6.45. The van der Waals surface area contributed by atoms with Gasteiger partial charge >= 0.3 is 5.69 Å². The van der Waals surface area contributed by atoms with E-state index in [0.717, 1.165) is 5.69 Å². The maximum atomic E-state index is 11.4. The van der Waals surface area contributed by atoms with E-state index in [1.807, 2.05) is 55.3 Å². The third-order valence-corrected chi connectivity index (χ3v) is 3.07. The molecule has 0 saturated heterocycles. The minimum Gasteiger partial charge on any atom is -0.380 e. The zero-order valence-electron chi connectivity index (χ0n) is 11.5. The molecule has 2 aromatic carbocycles. The van der Waals surface area contributed by atoms with Crippen LogP contribution in [-0.2, 0) is 0 Å².